The second-order valence-corrected chi connectivity index (χ2v) is 7.50. The van der Waals surface area contributed by atoms with Gasteiger partial charge in [-0.2, -0.15) is 0 Å². The molecule has 0 radical (unpaired) electrons. The van der Waals surface area contributed by atoms with Gasteiger partial charge < -0.3 is 9.88 Å². The van der Waals surface area contributed by atoms with Crippen molar-refractivity contribution in [2.75, 3.05) is 6.54 Å². The maximum absolute atomic E-state index is 12.8. The molecule has 0 aliphatic carbocycles. The molecule has 1 atom stereocenters. The maximum Gasteiger partial charge on any atom is 0.223 e. The SMILES string of the molecule is CCCCCC(=O)N1CCc2c([nH]c3ccccc23)C1CC(C)C. The Labute approximate surface area is 145 Å². The fraction of sp³-hybridized carbons (Fsp3) is 0.571. The van der Waals surface area contributed by atoms with Gasteiger partial charge in [0, 0.05) is 29.6 Å². The number of nitrogens with one attached hydrogen (secondary N) is 1. The van der Waals surface area contributed by atoms with Gasteiger partial charge in [-0.1, -0.05) is 51.8 Å². The van der Waals surface area contributed by atoms with Crippen molar-refractivity contribution in [1.29, 1.82) is 0 Å². The van der Waals surface area contributed by atoms with Crippen molar-refractivity contribution >= 4 is 16.8 Å². The first-order valence-electron chi connectivity index (χ1n) is 9.50. The number of aromatic nitrogens is 1. The summed E-state index contributed by atoms with van der Waals surface area (Å²) in [6, 6.07) is 8.74. The molecule has 1 aliphatic rings. The fourth-order valence-corrected chi connectivity index (χ4v) is 3.98. The van der Waals surface area contributed by atoms with Crippen molar-refractivity contribution in [2.45, 2.75) is 65.3 Å². The summed E-state index contributed by atoms with van der Waals surface area (Å²) in [6.07, 6.45) is 6.01. The van der Waals surface area contributed by atoms with Crippen molar-refractivity contribution in [1.82, 2.24) is 9.88 Å². The Hall–Kier alpha value is -1.77. The van der Waals surface area contributed by atoms with Gasteiger partial charge in [0.1, 0.15) is 0 Å². The average molecular weight is 326 g/mol. The van der Waals surface area contributed by atoms with E-state index in [2.05, 4.69) is 54.9 Å². The van der Waals surface area contributed by atoms with Crippen LogP contribution in [0.2, 0.25) is 0 Å². The minimum Gasteiger partial charge on any atom is -0.356 e. The minimum absolute atomic E-state index is 0.204. The Morgan fingerprint density at radius 1 is 1.29 bits per heavy atom. The van der Waals surface area contributed by atoms with Crippen LogP contribution in [0.5, 0.6) is 0 Å². The summed E-state index contributed by atoms with van der Waals surface area (Å²) in [7, 11) is 0. The lowest BCUT2D eigenvalue weighted by Crippen LogP contribution is -2.40. The molecule has 0 bridgehead atoms. The van der Waals surface area contributed by atoms with E-state index in [4.69, 9.17) is 0 Å². The number of H-pyrrole nitrogens is 1. The monoisotopic (exact) mass is 326 g/mol. The highest BCUT2D eigenvalue weighted by molar-refractivity contribution is 5.86. The number of hydrogen-bond donors (Lipinski definition) is 1. The van der Waals surface area contributed by atoms with Crippen molar-refractivity contribution in [3.63, 3.8) is 0 Å². The number of hydrogen-bond acceptors (Lipinski definition) is 1. The minimum atomic E-state index is 0.204. The second kappa shape index (κ2) is 7.42. The van der Waals surface area contributed by atoms with Crippen LogP contribution in [0, 0.1) is 5.92 Å². The van der Waals surface area contributed by atoms with E-state index in [-0.39, 0.29) is 6.04 Å². The Morgan fingerprint density at radius 3 is 2.83 bits per heavy atom. The third-order valence-corrected chi connectivity index (χ3v) is 5.17. The van der Waals surface area contributed by atoms with E-state index >= 15 is 0 Å². The quantitative estimate of drug-likeness (QED) is 0.726. The normalized spacial score (nSPS) is 17.5. The molecule has 1 unspecified atom stereocenters. The van der Waals surface area contributed by atoms with E-state index in [1.165, 1.54) is 22.2 Å². The highest BCUT2D eigenvalue weighted by Crippen LogP contribution is 2.38. The molecular weight excluding hydrogens is 296 g/mol. The highest BCUT2D eigenvalue weighted by atomic mass is 16.2. The first-order chi connectivity index (χ1) is 11.6. The summed E-state index contributed by atoms with van der Waals surface area (Å²) in [4.78, 5) is 18.6. The Morgan fingerprint density at radius 2 is 2.08 bits per heavy atom. The van der Waals surface area contributed by atoms with Crippen LogP contribution in [0.1, 0.15) is 70.2 Å². The van der Waals surface area contributed by atoms with Crippen LogP contribution in [-0.4, -0.2) is 22.3 Å². The first kappa shape index (κ1) is 17.1. The fourth-order valence-electron chi connectivity index (χ4n) is 3.98. The predicted molar refractivity (Wildman–Crippen MR) is 100 cm³/mol. The third kappa shape index (κ3) is 3.35. The van der Waals surface area contributed by atoms with Crippen LogP contribution in [0.4, 0.5) is 0 Å². The summed E-state index contributed by atoms with van der Waals surface area (Å²) in [5, 5.41) is 1.33. The lowest BCUT2D eigenvalue weighted by Gasteiger charge is -2.37. The number of benzene rings is 1. The Balaban J connectivity index is 1.90. The molecule has 3 heteroatoms. The van der Waals surface area contributed by atoms with E-state index < -0.39 is 0 Å². The van der Waals surface area contributed by atoms with E-state index in [1.807, 2.05) is 0 Å². The molecular formula is C21H30N2O. The zero-order valence-corrected chi connectivity index (χ0v) is 15.3. The van der Waals surface area contributed by atoms with Gasteiger partial charge in [0.2, 0.25) is 5.91 Å². The topological polar surface area (TPSA) is 36.1 Å². The van der Waals surface area contributed by atoms with Crippen LogP contribution in [-0.2, 0) is 11.2 Å². The van der Waals surface area contributed by atoms with Crippen LogP contribution < -0.4 is 0 Å². The Bertz CT molecular complexity index is 701. The van der Waals surface area contributed by atoms with Crippen molar-refractivity contribution in [3.05, 3.63) is 35.5 Å². The molecule has 24 heavy (non-hydrogen) atoms. The van der Waals surface area contributed by atoms with Gasteiger partial charge in [0.05, 0.1) is 6.04 Å². The molecule has 0 saturated carbocycles. The molecule has 0 fully saturated rings. The molecule has 1 aliphatic heterocycles. The molecule has 2 heterocycles. The largest absolute Gasteiger partial charge is 0.356 e. The van der Waals surface area contributed by atoms with Gasteiger partial charge in [-0.15, -0.1) is 0 Å². The summed E-state index contributed by atoms with van der Waals surface area (Å²) >= 11 is 0. The number of nitrogens with zero attached hydrogens (tertiary/aromatic N) is 1. The smallest absolute Gasteiger partial charge is 0.223 e. The van der Waals surface area contributed by atoms with Gasteiger partial charge in [0.15, 0.2) is 0 Å². The van der Waals surface area contributed by atoms with Crippen molar-refractivity contribution in [3.8, 4) is 0 Å². The molecule has 3 rings (SSSR count). The molecule has 1 aromatic heterocycles. The molecule has 0 spiro atoms. The number of amides is 1. The van der Waals surface area contributed by atoms with E-state index in [0.29, 0.717) is 18.2 Å². The number of carbonyl (C=O) groups excluding carboxylic acids is 1. The second-order valence-electron chi connectivity index (χ2n) is 7.50. The standard InChI is InChI=1S/C21H30N2O/c1-4-5-6-11-20(24)23-13-12-17-16-9-7-8-10-18(16)22-21(17)19(23)14-15(2)3/h7-10,15,19,22H,4-6,11-14H2,1-3H3. The van der Waals surface area contributed by atoms with Gasteiger partial charge in [-0.25, -0.2) is 0 Å². The number of aromatic amines is 1. The average Bonchev–Trinajstić information content (AvgIpc) is 2.94. The molecule has 0 saturated heterocycles. The number of para-hydroxylation sites is 1. The van der Waals surface area contributed by atoms with E-state index in [1.54, 1.807) is 0 Å². The number of rotatable bonds is 6. The van der Waals surface area contributed by atoms with Gasteiger partial charge in [-0.3, -0.25) is 4.79 Å². The lowest BCUT2D eigenvalue weighted by atomic mass is 9.91. The van der Waals surface area contributed by atoms with Gasteiger partial charge >= 0.3 is 0 Å². The zero-order chi connectivity index (χ0) is 17.1. The molecule has 2 aromatic rings. The highest BCUT2D eigenvalue weighted by Gasteiger charge is 2.33. The molecule has 1 aromatic carbocycles. The van der Waals surface area contributed by atoms with Crippen LogP contribution >= 0.6 is 0 Å². The lowest BCUT2D eigenvalue weighted by molar-refractivity contribution is -0.134. The molecule has 130 valence electrons. The first-order valence-corrected chi connectivity index (χ1v) is 9.50. The Kier molecular flexibility index (Phi) is 5.27. The maximum atomic E-state index is 12.8. The number of carbonyl (C=O) groups is 1. The van der Waals surface area contributed by atoms with Crippen molar-refractivity contribution in [2.24, 2.45) is 5.92 Å². The zero-order valence-electron chi connectivity index (χ0n) is 15.3. The summed E-state index contributed by atoms with van der Waals surface area (Å²) in [6.45, 7) is 7.54. The summed E-state index contributed by atoms with van der Waals surface area (Å²) in [5.74, 6) is 0.900. The van der Waals surface area contributed by atoms with Crippen LogP contribution in [0.3, 0.4) is 0 Å². The van der Waals surface area contributed by atoms with E-state index in [0.717, 1.165) is 38.6 Å². The van der Waals surface area contributed by atoms with Crippen LogP contribution in [0.25, 0.3) is 10.9 Å². The molecule has 1 N–H and O–H groups in total. The number of unbranched alkanes of at least 4 members (excludes halogenated alkanes) is 2. The third-order valence-electron chi connectivity index (χ3n) is 5.17. The summed E-state index contributed by atoms with van der Waals surface area (Å²) in [5.41, 5.74) is 3.91. The predicted octanol–water partition coefficient (Wildman–Crippen LogP) is 5.22. The molecule has 3 nitrogen and oxygen atoms in total. The summed E-state index contributed by atoms with van der Waals surface area (Å²) < 4.78 is 0. The van der Waals surface area contributed by atoms with Crippen molar-refractivity contribution < 1.29 is 4.79 Å². The number of fused-ring (bicyclic) bond motifs is 3. The molecule has 1 amide bonds. The van der Waals surface area contributed by atoms with Crippen LogP contribution in [0.15, 0.2) is 24.3 Å². The van der Waals surface area contributed by atoms with E-state index in [9.17, 15) is 4.79 Å². The van der Waals surface area contributed by atoms with Gasteiger partial charge in [-0.05, 0) is 36.8 Å². The van der Waals surface area contributed by atoms with Gasteiger partial charge in [0.25, 0.3) is 0 Å².